The molecule has 0 unspecified atom stereocenters. The number of benzene rings is 2. The minimum Gasteiger partial charge on any atom is -0.495 e. The quantitative estimate of drug-likeness (QED) is 0.388. The summed E-state index contributed by atoms with van der Waals surface area (Å²) >= 11 is 0. The number of carbonyl (C=O) groups is 1. The van der Waals surface area contributed by atoms with Crippen LogP contribution < -0.4 is 10.1 Å². The van der Waals surface area contributed by atoms with Gasteiger partial charge in [0.25, 0.3) is 0 Å². The van der Waals surface area contributed by atoms with Gasteiger partial charge in [-0.1, -0.05) is 17.2 Å². The summed E-state index contributed by atoms with van der Waals surface area (Å²) in [5.74, 6) is 0.143. The first kappa shape index (κ1) is 15.2. The molecule has 0 aliphatic rings. The number of nitrogens with zero attached hydrogens (tertiary/aromatic N) is 3. The predicted octanol–water partition coefficient (Wildman–Crippen LogP) is 4.17. The van der Waals surface area contributed by atoms with Gasteiger partial charge >= 0.3 is 5.97 Å². The summed E-state index contributed by atoms with van der Waals surface area (Å²) < 4.78 is 9.91. The lowest BCUT2D eigenvalue weighted by atomic mass is 10.1. The monoisotopic (exact) mass is 298 g/mol. The average molecular weight is 298 g/mol. The first-order chi connectivity index (χ1) is 10.7. The summed E-state index contributed by atoms with van der Waals surface area (Å²) in [7, 11) is 2.85. The van der Waals surface area contributed by atoms with E-state index in [1.54, 1.807) is 25.3 Å². The molecule has 0 radical (unpaired) electrons. The molecule has 2 aromatic carbocycles. The fraction of sp³-hybridized carbons (Fsp3) is 0.133. The van der Waals surface area contributed by atoms with E-state index in [0.717, 1.165) is 0 Å². The number of nitrogens with one attached hydrogen (secondary N) is 1. The molecule has 0 atom stereocenters. The van der Waals surface area contributed by atoms with Crippen LogP contribution in [0.15, 0.2) is 47.6 Å². The summed E-state index contributed by atoms with van der Waals surface area (Å²) in [5, 5.41) is 6.72. The van der Waals surface area contributed by atoms with Crippen molar-refractivity contribution >= 4 is 23.0 Å². The summed E-state index contributed by atoms with van der Waals surface area (Å²) in [5.41, 5.74) is 10.5. The molecule has 0 fully saturated rings. The zero-order valence-corrected chi connectivity index (χ0v) is 12.1. The van der Waals surface area contributed by atoms with Crippen molar-refractivity contribution in [1.29, 1.82) is 0 Å². The van der Waals surface area contributed by atoms with Crippen molar-refractivity contribution in [3.63, 3.8) is 0 Å². The number of anilines is 2. The van der Waals surface area contributed by atoms with Gasteiger partial charge in [-0.2, -0.15) is 0 Å². The molecule has 7 nitrogen and oxygen atoms in total. The van der Waals surface area contributed by atoms with Crippen LogP contribution in [0.5, 0.6) is 5.75 Å². The van der Waals surface area contributed by atoms with Crippen molar-refractivity contribution in [2.75, 3.05) is 19.5 Å². The molecule has 2 rings (SSSR count). The minimum atomic E-state index is -0.502. The Labute approximate surface area is 127 Å². The molecule has 0 spiro atoms. The number of hydrogen-bond donors (Lipinski definition) is 1. The highest BCUT2D eigenvalue weighted by Crippen LogP contribution is 2.33. The Morgan fingerprint density at radius 2 is 1.95 bits per heavy atom. The first-order valence-corrected chi connectivity index (χ1v) is 6.37. The largest absolute Gasteiger partial charge is 0.495 e. The highest BCUT2D eigenvalue weighted by Gasteiger charge is 2.10. The molecule has 112 valence electrons. The van der Waals surface area contributed by atoms with Gasteiger partial charge in [0.05, 0.1) is 31.2 Å². The molecule has 0 saturated heterocycles. The number of azide groups is 1. The van der Waals surface area contributed by atoms with Crippen LogP contribution in [0.25, 0.3) is 10.4 Å². The van der Waals surface area contributed by atoms with Crippen molar-refractivity contribution < 1.29 is 14.3 Å². The van der Waals surface area contributed by atoms with Crippen LogP contribution in [0.1, 0.15) is 10.4 Å². The number of carbonyl (C=O) groups excluding carboxylic acids is 1. The zero-order valence-electron chi connectivity index (χ0n) is 12.1. The smallest absolute Gasteiger partial charge is 0.337 e. The molecule has 22 heavy (non-hydrogen) atoms. The molecule has 0 saturated carbocycles. The molecule has 1 N–H and O–H groups in total. The lowest BCUT2D eigenvalue weighted by Gasteiger charge is -2.13. The van der Waals surface area contributed by atoms with E-state index in [1.807, 2.05) is 18.2 Å². The van der Waals surface area contributed by atoms with E-state index in [4.69, 9.17) is 10.3 Å². The van der Waals surface area contributed by atoms with Crippen LogP contribution >= 0.6 is 0 Å². The second-order valence-electron chi connectivity index (χ2n) is 4.24. The van der Waals surface area contributed by atoms with Gasteiger partial charge < -0.3 is 14.8 Å². The lowest BCUT2D eigenvalue weighted by molar-refractivity contribution is 0.0601. The van der Waals surface area contributed by atoms with Gasteiger partial charge in [0.15, 0.2) is 0 Å². The van der Waals surface area contributed by atoms with Crippen molar-refractivity contribution in [3.8, 4) is 5.75 Å². The van der Waals surface area contributed by atoms with Crippen LogP contribution in [0.2, 0.25) is 0 Å². The number of hydrogen-bond acceptors (Lipinski definition) is 5. The number of methoxy groups -OCH3 is 2. The van der Waals surface area contributed by atoms with Gasteiger partial charge in [-0.3, -0.25) is 0 Å². The normalized spacial score (nSPS) is 9.55. The third-order valence-corrected chi connectivity index (χ3v) is 2.95. The van der Waals surface area contributed by atoms with E-state index in [1.165, 1.54) is 13.2 Å². The van der Waals surface area contributed by atoms with Gasteiger partial charge in [0, 0.05) is 10.6 Å². The highest BCUT2D eigenvalue weighted by molar-refractivity contribution is 5.92. The number of rotatable bonds is 5. The maximum Gasteiger partial charge on any atom is 0.337 e. The van der Waals surface area contributed by atoms with Crippen LogP contribution in [0, 0.1) is 0 Å². The number of ether oxygens (including phenoxy) is 2. The topological polar surface area (TPSA) is 96.3 Å². The zero-order chi connectivity index (χ0) is 15.9. The number of esters is 1. The third-order valence-electron chi connectivity index (χ3n) is 2.95. The Hall–Kier alpha value is -3.18. The number of para-hydroxylation sites is 2. The third kappa shape index (κ3) is 3.28. The molecule has 0 aromatic heterocycles. The minimum absolute atomic E-state index is 0.288. The van der Waals surface area contributed by atoms with Crippen molar-refractivity contribution in [2.45, 2.75) is 0 Å². The van der Waals surface area contributed by atoms with Crippen molar-refractivity contribution in [1.82, 2.24) is 0 Å². The predicted molar refractivity (Wildman–Crippen MR) is 82.9 cm³/mol. The van der Waals surface area contributed by atoms with Crippen molar-refractivity contribution in [3.05, 3.63) is 58.5 Å². The second-order valence-corrected chi connectivity index (χ2v) is 4.24. The molecular weight excluding hydrogens is 284 g/mol. The fourth-order valence-electron chi connectivity index (χ4n) is 1.91. The Bertz CT molecular complexity index is 739. The SMILES string of the molecule is COC(=O)c1ccc(Nc2ccccc2OC)c(N=[N+]=[N-])c1. The highest BCUT2D eigenvalue weighted by atomic mass is 16.5. The molecule has 0 amide bonds. The molecule has 2 aromatic rings. The Kier molecular flexibility index (Phi) is 4.85. The average Bonchev–Trinajstić information content (AvgIpc) is 2.56. The van der Waals surface area contributed by atoms with E-state index in [2.05, 4.69) is 20.1 Å². The standard InChI is InChI=1S/C15H14N4O3/c1-21-14-6-4-3-5-12(14)17-11-8-7-10(15(20)22-2)9-13(11)18-19-16/h3-9,17H,1-2H3. The molecule has 0 heterocycles. The molecule has 0 bridgehead atoms. The summed E-state index contributed by atoms with van der Waals surface area (Å²) in [4.78, 5) is 14.3. The fourth-order valence-corrected chi connectivity index (χ4v) is 1.91. The van der Waals surface area contributed by atoms with Crippen molar-refractivity contribution in [2.24, 2.45) is 5.11 Å². The Morgan fingerprint density at radius 1 is 1.18 bits per heavy atom. The first-order valence-electron chi connectivity index (χ1n) is 6.37. The van der Waals surface area contributed by atoms with Gasteiger partial charge in [0.2, 0.25) is 0 Å². The molecular formula is C15H14N4O3. The second kappa shape index (κ2) is 7.01. The molecule has 0 aliphatic heterocycles. The summed E-state index contributed by atoms with van der Waals surface area (Å²) in [6.07, 6.45) is 0. The van der Waals surface area contributed by atoms with E-state index < -0.39 is 5.97 Å². The van der Waals surface area contributed by atoms with Gasteiger partial charge in [-0.15, -0.1) is 0 Å². The van der Waals surface area contributed by atoms with Crippen LogP contribution in [0.3, 0.4) is 0 Å². The van der Waals surface area contributed by atoms with Gasteiger partial charge in [-0.25, -0.2) is 4.79 Å². The van der Waals surface area contributed by atoms with Crippen LogP contribution in [0.4, 0.5) is 17.1 Å². The van der Waals surface area contributed by atoms with Gasteiger partial charge in [0.1, 0.15) is 5.75 Å². The molecule has 7 heteroatoms. The van der Waals surface area contributed by atoms with E-state index >= 15 is 0 Å². The molecule has 0 aliphatic carbocycles. The van der Waals surface area contributed by atoms with Crippen LogP contribution in [-0.4, -0.2) is 20.2 Å². The lowest BCUT2D eigenvalue weighted by Crippen LogP contribution is -2.01. The van der Waals surface area contributed by atoms with Gasteiger partial charge in [-0.05, 0) is 35.9 Å². The van der Waals surface area contributed by atoms with E-state index in [-0.39, 0.29) is 5.69 Å². The summed E-state index contributed by atoms with van der Waals surface area (Å²) in [6.45, 7) is 0. The Morgan fingerprint density at radius 3 is 2.64 bits per heavy atom. The van der Waals surface area contributed by atoms with Crippen LogP contribution in [-0.2, 0) is 4.74 Å². The van der Waals surface area contributed by atoms with E-state index in [9.17, 15) is 4.79 Å². The summed E-state index contributed by atoms with van der Waals surface area (Å²) in [6, 6.07) is 12.0. The Balaban J connectivity index is 2.42. The van der Waals surface area contributed by atoms with E-state index in [0.29, 0.717) is 22.7 Å². The maximum absolute atomic E-state index is 11.5. The maximum atomic E-state index is 11.5.